The van der Waals surface area contributed by atoms with Crippen LogP contribution in [0.4, 0.5) is 11.4 Å². The summed E-state index contributed by atoms with van der Waals surface area (Å²) in [5, 5.41) is 12.6. The molecule has 0 bridgehead atoms. The lowest BCUT2D eigenvalue weighted by atomic mass is 9.63. The fourth-order valence-electron chi connectivity index (χ4n) is 12.8. The van der Waals surface area contributed by atoms with E-state index in [1.165, 1.54) is 113 Å². The number of hydrogen-bond acceptors (Lipinski definition) is 4. The number of para-hydroxylation sites is 1. The molecular formula is C74H68BN2OS2. The number of rotatable bonds is 6. The Balaban J connectivity index is 0.999. The van der Waals surface area contributed by atoms with Crippen LogP contribution >= 0.6 is 22.7 Å². The van der Waals surface area contributed by atoms with E-state index >= 15 is 0 Å². The van der Waals surface area contributed by atoms with E-state index in [4.69, 9.17) is 4.42 Å². The topological polar surface area (TPSA) is 30.1 Å². The van der Waals surface area contributed by atoms with Gasteiger partial charge in [0.1, 0.15) is 11.2 Å². The zero-order valence-electron chi connectivity index (χ0n) is 48.4. The van der Waals surface area contributed by atoms with Crippen molar-refractivity contribution in [2.45, 2.75) is 117 Å². The first-order valence-corrected chi connectivity index (χ1v) is 30.1. The van der Waals surface area contributed by atoms with Crippen LogP contribution in [0.5, 0.6) is 0 Å². The average molecular weight is 1080 g/mol. The van der Waals surface area contributed by atoms with Crippen molar-refractivity contribution in [2.75, 3.05) is 5.32 Å². The molecule has 5 heterocycles. The Morgan fingerprint density at radius 3 is 1.62 bits per heavy atom. The predicted molar refractivity (Wildman–Crippen MR) is 350 cm³/mol. The maximum atomic E-state index is 6.66. The Kier molecular flexibility index (Phi) is 11.2. The van der Waals surface area contributed by atoms with Gasteiger partial charge >= 0.3 is 0 Å². The molecule has 0 fully saturated rings. The summed E-state index contributed by atoms with van der Waals surface area (Å²) in [7, 11) is 2.50. The van der Waals surface area contributed by atoms with Gasteiger partial charge in [-0.25, -0.2) is 0 Å². The van der Waals surface area contributed by atoms with E-state index in [2.05, 4.69) is 277 Å². The van der Waals surface area contributed by atoms with Crippen LogP contribution in [0.2, 0.25) is 0 Å². The van der Waals surface area contributed by atoms with Gasteiger partial charge in [0.15, 0.2) is 0 Å². The van der Waals surface area contributed by atoms with Gasteiger partial charge in [0.2, 0.25) is 7.28 Å². The van der Waals surface area contributed by atoms with E-state index in [0.717, 1.165) is 38.8 Å². The van der Waals surface area contributed by atoms with E-state index in [1.807, 2.05) is 22.7 Å². The fourth-order valence-corrected chi connectivity index (χ4v) is 15.0. The molecule has 0 spiro atoms. The molecule has 14 rings (SSSR count). The Morgan fingerprint density at radius 1 is 0.400 bits per heavy atom. The van der Waals surface area contributed by atoms with E-state index in [1.54, 1.807) is 0 Å². The Morgan fingerprint density at radius 2 is 0.975 bits per heavy atom. The lowest BCUT2D eigenvalue weighted by Gasteiger charge is -2.33. The Bertz CT molecular complexity index is 4610. The first-order valence-electron chi connectivity index (χ1n) is 28.5. The van der Waals surface area contributed by atoms with Crippen molar-refractivity contribution < 1.29 is 4.42 Å². The predicted octanol–water partition coefficient (Wildman–Crippen LogP) is 20.2. The highest BCUT2D eigenvalue weighted by molar-refractivity contribution is 7.29. The molecule has 1 aliphatic rings. The van der Waals surface area contributed by atoms with Crippen molar-refractivity contribution in [3.63, 3.8) is 0 Å². The second-order valence-corrected chi connectivity index (χ2v) is 29.2. The summed E-state index contributed by atoms with van der Waals surface area (Å²) in [6, 6.07) is 65.2. The van der Waals surface area contributed by atoms with Crippen LogP contribution in [-0.4, -0.2) is 11.8 Å². The molecule has 13 aromatic rings. The van der Waals surface area contributed by atoms with Crippen molar-refractivity contribution in [1.29, 1.82) is 0 Å². The Labute approximate surface area is 479 Å². The molecule has 0 unspecified atom stereocenters. The van der Waals surface area contributed by atoms with Gasteiger partial charge in [0.05, 0.1) is 11.2 Å². The van der Waals surface area contributed by atoms with Gasteiger partial charge in [0.25, 0.3) is 0 Å². The molecule has 1 radical (unpaired) electrons. The molecule has 80 heavy (non-hydrogen) atoms. The highest BCUT2D eigenvalue weighted by Crippen LogP contribution is 2.48. The third-order valence-corrected chi connectivity index (χ3v) is 19.9. The lowest BCUT2D eigenvalue weighted by molar-refractivity contribution is 0.587. The van der Waals surface area contributed by atoms with Crippen LogP contribution in [0.15, 0.2) is 174 Å². The summed E-state index contributed by atoms with van der Waals surface area (Å²) in [6.45, 7) is 30.0. The van der Waals surface area contributed by atoms with Gasteiger partial charge in [0, 0.05) is 85.7 Å². The third-order valence-electron chi connectivity index (χ3n) is 17.7. The van der Waals surface area contributed by atoms with Crippen molar-refractivity contribution in [3.05, 3.63) is 209 Å². The third kappa shape index (κ3) is 8.02. The van der Waals surface area contributed by atoms with Gasteiger partial charge in [-0.05, 0) is 138 Å². The first kappa shape index (κ1) is 50.8. The van der Waals surface area contributed by atoms with Crippen molar-refractivity contribution in [3.8, 4) is 16.8 Å². The number of fused-ring (bicyclic) bond motifs is 13. The second-order valence-electron chi connectivity index (χ2n) is 27.1. The number of hydrogen-bond donors (Lipinski definition) is 1. The molecule has 0 amide bonds. The molecular weight excluding hydrogens is 1010 g/mol. The molecule has 395 valence electrons. The van der Waals surface area contributed by atoms with Crippen molar-refractivity contribution in [2.24, 2.45) is 0 Å². The maximum Gasteiger partial charge on any atom is 0.211 e. The van der Waals surface area contributed by atoms with Crippen LogP contribution in [0.1, 0.15) is 129 Å². The van der Waals surface area contributed by atoms with Gasteiger partial charge in [-0.3, -0.25) is 0 Å². The standard InChI is InChI=1S/C74H68BN2OS2/c1-70(2,3)42-18-22-45(23-19-42)74(13,46-24-20-43(21-25-46)71(4,5)6)48-28-32-51-57-39-59(76-49-30-26-44(27-31-49)72(7,8)9)54(40-65(57)79-64(51)37-48)52-33-34-53-55-38-56-50-16-14-15-17-61(50)78-62(56)41-60(55)77-67(53)66(52)75-69-68(77)58-36-47(73(10,11)12)29-35-63(58)80-69/h14-41,76H,1-13H3. The molecule has 0 aliphatic carbocycles. The van der Waals surface area contributed by atoms with Crippen LogP contribution < -0.4 is 15.6 Å². The van der Waals surface area contributed by atoms with Gasteiger partial charge in [-0.1, -0.05) is 192 Å². The van der Waals surface area contributed by atoms with Crippen LogP contribution in [0, 0.1) is 0 Å². The largest absolute Gasteiger partial charge is 0.456 e. The van der Waals surface area contributed by atoms with Crippen LogP contribution in [0.25, 0.3) is 90.8 Å². The van der Waals surface area contributed by atoms with Crippen molar-refractivity contribution in [1.82, 2.24) is 4.57 Å². The van der Waals surface area contributed by atoms with Crippen LogP contribution in [-0.2, 0) is 27.1 Å². The maximum absolute atomic E-state index is 6.66. The fraction of sp³-hybridized carbons (Fsp3) is 0.243. The van der Waals surface area contributed by atoms with E-state index in [-0.39, 0.29) is 21.7 Å². The average Bonchev–Trinajstić information content (AvgIpc) is 4.22. The summed E-state index contributed by atoms with van der Waals surface area (Å²) in [5.74, 6) is 0. The molecule has 0 saturated heterocycles. The molecule has 9 aromatic carbocycles. The summed E-state index contributed by atoms with van der Waals surface area (Å²) >= 11 is 3.80. The summed E-state index contributed by atoms with van der Waals surface area (Å²) < 4.78 is 14.3. The molecule has 0 atom stereocenters. The number of aromatic nitrogens is 1. The highest BCUT2D eigenvalue weighted by Gasteiger charge is 2.34. The zero-order chi connectivity index (χ0) is 55.6. The number of nitrogens with one attached hydrogen (secondary N) is 1. The van der Waals surface area contributed by atoms with Crippen molar-refractivity contribution >= 4 is 126 Å². The SMILES string of the molecule is CC(C)(C)c1ccc(Nc2cc3c(cc2-c2ccc4c5cc6c(cc5n5c4c2[B]c2sc4ccc(C(C)(C)C)cc4c2-5)oc2ccccc26)sc2cc(C(C)(c4ccc(C(C)(C)C)cc4)c4ccc(C(C)(C)C)cc4)ccc23)cc1. The zero-order valence-corrected chi connectivity index (χ0v) is 50.0. The number of thiophene rings is 2. The molecule has 6 heteroatoms. The first-order chi connectivity index (χ1) is 38.0. The minimum atomic E-state index is -0.407. The lowest BCUT2D eigenvalue weighted by Crippen LogP contribution is -2.35. The van der Waals surface area contributed by atoms with Gasteiger partial charge in [-0.15, -0.1) is 22.7 Å². The molecule has 4 aromatic heterocycles. The second kappa shape index (κ2) is 17.6. The highest BCUT2D eigenvalue weighted by atomic mass is 32.1. The molecule has 1 N–H and O–H groups in total. The number of nitrogens with zero attached hydrogens (tertiary/aromatic N) is 1. The number of anilines is 2. The van der Waals surface area contributed by atoms with E-state index in [0.29, 0.717) is 0 Å². The summed E-state index contributed by atoms with van der Waals surface area (Å²) in [4.78, 5) is 0. The van der Waals surface area contributed by atoms with Gasteiger partial charge in [-0.2, -0.15) is 0 Å². The normalized spacial score (nSPS) is 13.4. The smallest absolute Gasteiger partial charge is 0.211 e. The van der Waals surface area contributed by atoms with E-state index in [9.17, 15) is 0 Å². The van der Waals surface area contributed by atoms with E-state index < -0.39 is 5.41 Å². The molecule has 0 saturated carbocycles. The Hall–Kier alpha value is -7.38. The van der Waals surface area contributed by atoms with Crippen LogP contribution in [0.3, 0.4) is 0 Å². The minimum absolute atomic E-state index is 0.000656. The number of furan rings is 1. The molecule has 1 aliphatic heterocycles. The number of benzene rings is 9. The minimum Gasteiger partial charge on any atom is -0.456 e. The molecule has 3 nitrogen and oxygen atoms in total. The monoisotopic (exact) mass is 1080 g/mol. The summed E-state index contributed by atoms with van der Waals surface area (Å²) in [6.07, 6.45) is 0. The van der Waals surface area contributed by atoms with Gasteiger partial charge < -0.3 is 14.3 Å². The quantitative estimate of drug-likeness (QED) is 0.133. The summed E-state index contributed by atoms with van der Waals surface area (Å²) in [5.41, 5.74) is 20.2.